The molecule has 0 aromatic heterocycles. The van der Waals surface area contributed by atoms with Crippen molar-refractivity contribution >= 4 is 5.97 Å². The van der Waals surface area contributed by atoms with E-state index in [2.05, 4.69) is 0 Å². The minimum atomic E-state index is -0.742. The number of benzene rings is 1. The van der Waals surface area contributed by atoms with Crippen LogP contribution in [0.2, 0.25) is 0 Å². The summed E-state index contributed by atoms with van der Waals surface area (Å²) in [4.78, 5) is 10.8. The van der Waals surface area contributed by atoms with Crippen LogP contribution in [0, 0.1) is 18.7 Å². The Morgan fingerprint density at radius 2 is 2.20 bits per heavy atom. The van der Waals surface area contributed by atoms with Gasteiger partial charge in [-0.25, -0.2) is 4.39 Å². The van der Waals surface area contributed by atoms with Gasteiger partial charge >= 0.3 is 5.97 Å². The molecule has 0 radical (unpaired) electrons. The molecule has 1 aliphatic rings. The first-order valence-corrected chi connectivity index (χ1v) is 5.08. The minimum absolute atomic E-state index is 0.0711. The number of carboxylic acids is 1. The monoisotopic (exact) mass is 208 g/mol. The summed E-state index contributed by atoms with van der Waals surface area (Å²) < 4.78 is 13.0. The molecular formula is C12H13FO2. The Balaban J connectivity index is 2.23. The number of carboxylic acid groups (broad SMARTS) is 1. The Morgan fingerprint density at radius 3 is 2.67 bits per heavy atom. The van der Waals surface area contributed by atoms with E-state index in [-0.39, 0.29) is 17.7 Å². The lowest BCUT2D eigenvalue weighted by atomic mass is 9.70. The standard InChI is InChI=1S/C12H13FO2/c1-7-6-8(2-5-11(7)13)9-3-4-10(9)12(14)15/h2,5-6,9-10H,3-4H2,1H3,(H,14,15). The number of hydrogen-bond donors (Lipinski definition) is 1. The zero-order chi connectivity index (χ0) is 11.0. The van der Waals surface area contributed by atoms with Gasteiger partial charge in [-0.15, -0.1) is 0 Å². The van der Waals surface area contributed by atoms with E-state index < -0.39 is 5.97 Å². The van der Waals surface area contributed by atoms with Crippen molar-refractivity contribution in [2.45, 2.75) is 25.7 Å². The van der Waals surface area contributed by atoms with Crippen LogP contribution in [-0.4, -0.2) is 11.1 Å². The maximum atomic E-state index is 13.0. The van der Waals surface area contributed by atoms with Gasteiger partial charge in [0, 0.05) is 0 Å². The van der Waals surface area contributed by atoms with Crippen molar-refractivity contribution in [3.05, 3.63) is 35.1 Å². The molecule has 1 fully saturated rings. The summed E-state index contributed by atoms with van der Waals surface area (Å²) >= 11 is 0. The fourth-order valence-corrected chi connectivity index (χ4v) is 2.09. The molecule has 80 valence electrons. The lowest BCUT2D eigenvalue weighted by Crippen LogP contribution is -2.30. The highest BCUT2D eigenvalue weighted by atomic mass is 19.1. The van der Waals surface area contributed by atoms with Crippen molar-refractivity contribution in [2.24, 2.45) is 5.92 Å². The summed E-state index contributed by atoms with van der Waals surface area (Å²) in [6.45, 7) is 1.70. The van der Waals surface area contributed by atoms with Crippen LogP contribution < -0.4 is 0 Å². The fourth-order valence-electron chi connectivity index (χ4n) is 2.09. The van der Waals surface area contributed by atoms with E-state index in [1.807, 2.05) is 0 Å². The third-order valence-corrected chi connectivity index (χ3v) is 3.20. The van der Waals surface area contributed by atoms with Crippen molar-refractivity contribution in [1.29, 1.82) is 0 Å². The van der Waals surface area contributed by atoms with Gasteiger partial charge < -0.3 is 5.11 Å². The number of hydrogen-bond acceptors (Lipinski definition) is 1. The van der Waals surface area contributed by atoms with Gasteiger partial charge in [-0.2, -0.15) is 0 Å². The van der Waals surface area contributed by atoms with E-state index in [9.17, 15) is 9.18 Å². The predicted molar refractivity (Wildman–Crippen MR) is 54.2 cm³/mol. The Kier molecular flexibility index (Phi) is 2.47. The van der Waals surface area contributed by atoms with Crippen LogP contribution in [0.25, 0.3) is 0 Å². The van der Waals surface area contributed by atoms with Crippen LogP contribution in [0.4, 0.5) is 4.39 Å². The summed E-state index contributed by atoms with van der Waals surface area (Å²) in [5.74, 6) is -1.19. The average molecular weight is 208 g/mol. The fraction of sp³-hybridized carbons (Fsp3) is 0.417. The number of rotatable bonds is 2. The van der Waals surface area contributed by atoms with Gasteiger partial charge in [0.15, 0.2) is 0 Å². The van der Waals surface area contributed by atoms with Gasteiger partial charge in [-0.05, 0) is 42.9 Å². The van der Waals surface area contributed by atoms with Gasteiger partial charge in [-0.3, -0.25) is 4.79 Å². The molecule has 1 aromatic rings. The van der Waals surface area contributed by atoms with E-state index in [1.165, 1.54) is 6.07 Å². The van der Waals surface area contributed by atoms with Crippen LogP contribution in [-0.2, 0) is 4.79 Å². The third-order valence-electron chi connectivity index (χ3n) is 3.20. The maximum absolute atomic E-state index is 13.0. The second-order valence-electron chi connectivity index (χ2n) is 4.14. The zero-order valence-electron chi connectivity index (χ0n) is 8.53. The summed E-state index contributed by atoms with van der Waals surface area (Å²) in [7, 11) is 0. The smallest absolute Gasteiger partial charge is 0.307 e. The summed E-state index contributed by atoms with van der Waals surface area (Å²) in [6.07, 6.45) is 1.62. The molecule has 1 saturated carbocycles. The molecule has 15 heavy (non-hydrogen) atoms. The molecule has 0 amide bonds. The summed E-state index contributed by atoms with van der Waals surface area (Å²) in [6, 6.07) is 4.87. The van der Waals surface area contributed by atoms with Gasteiger partial charge in [0.25, 0.3) is 0 Å². The molecule has 2 nitrogen and oxygen atoms in total. The lowest BCUT2D eigenvalue weighted by Gasteiger charge is -2.33. The van der Waals surface area contributed by atoms with Crippen molar-refractivity contribution in [2.75, 3.05) is 0 Å². The lowest BCUT2D eigenvalue weighted by molar-refractivity contribution is -0.145. The Bertz CT molecular complexity index is 401. The van der Waals surface area contributed by atoms with Crippen LogP contribution >= 0.6 is 0 Å². The highest BCUT2D eigenvalue weighted by Gasteiger charge is 2.37. The van der Waals surface area contributed by atoms with Crippen LogP contribution in [0.15, 0.2) is 18.2 Å². The largest absolute Gasteiger partial charge is 0.481 e. The van der Waals surface area contributed by atoms with E-state index >= 15 is 0 Å². The SMILES string of the molecule is Cc1cc(C2CCC2C(=O)O)ccc1F. The molecule has 1 aliphatic carbocycles. The van der Waals surface area contributed by atoms with Crippen LogP contribution in [0.5, 0.6) is 0 Å². The molecular weight excluding hydrogens is 195 g/mol. The molecule has 0 heterocycles. The molecule has 2 atom stereocenters. The van der Waals surface area contributed by atoms with E-state index in [4.69, 9.17) is 5.11 Å². The van der Waals surface area contributed by atoms with Gasteiger partial charge in [-0.1, -0.05) is 12.1 Å². The van der Waals surface area contributed by atoms with Crippen LogP contribution in [0.1, 0.15) is 29.9 Å². The van der Waals surface area contributed by atoms with E-state index in [0.29, 0.717) is 5.56 Å². The number of aryl methyl sites for hydroxylation is 1. The normalized spacial score (nSPS) is 24.7. The highest BCUT2D eigenvalue weighted by Crippen LogP contribution is 2.42. The first kappa shape index (κ1) is 10.1. The number of carbonyl (C=O) groups is 1. The van der Waals surface area contributed by atoms with E-state index in [1.54, 1.807) is 19.1 Å². The molecule has 0 bridgehead atoms. The number of halogens is 1. The first-order chi connectivity index (χ1) is 7.09. The maximum Gasteiger partial charge on any atom is 0.307 e. The van der Waals surface area contributed by atoms with Gasteiger partial charge in [0.05, 0.1) is 5.92 Å². The minimum Gasteiger partial charge on any atom is -0.481 e. The first-order valence-electron chi connectivity index (χ1n) is 5.08. The summed E-state index contributed by atoms with van der Waals surface area (Å²) in [5, 5.41) is 8.91. The molecule has 0 aliphatic heterocycles. The van der Waals surface area contributed by atoms with E-state index in [0.717, 1.165) is 18.4 Å². The average Bonchev–Trinajstić information content (AvgIpc) is 2.08. The van der Waals surface area contributed by atoms with Crippen molar-refractivity contribution in [3.8, 4) is 0 Å². The molecule has 1 aromatic carbocycles. The van der Waals surface area contributed by atoms with Gasteiger partial charge in [0.1, 0.15) is 5.82 Å². The van der Waals surface area contributed by atoms with Crippen molar-refractivity contribution < 1.29 is 14.3 Å². The van der Waals surface area contributed by atoms with Crippen molar-refractivity contribution in [1.82, 2.24) is 0 Å². The molecule has 2 rings (SSSR count). The number of aliphatic carboxylic acids is 1. The van der Waals surface area contributed by atoms with Crippen molar-refractivity contribution in [3.63, 3.8) is 0 Å². The quantitative estimate of drug-likeness (QED) is 0.811. The molecule has 3 heteroatoms. The summed E-state index contributed by atoms with van der Waals surface area (Å²) in [5.41, 5.74) is 1.54. The molecule has 2 unspecified atom stereocenters. The van der Waals surface area contributed by atoms with Crippen LogP contribution in [0.3, 0.4) is 0 Å². The molecule has 0 spiro atoms. The second-order valence-corrected chi connectivity index (χ2v) is 4.14. The molecule has 0 saturated heterocycles. The Labute approximate surface area is 87.7 Å². The van der Waals surface area contributed by atoms with Gasteiger partial charge in [0.2, 0.25) is 0 Å². The Hall–Kier alpha value is -1.38. The highest BCUT2D eigenvalue weighted by molar-refractivity contribution is 5.72. The second kappa shape index (κ2) is 3.65. The topological polar surface area (TPSA) is 37.3 Å². The predicted octanol–water partition coefficient (Wildman–Crippen LogP) is 2.71. The molecule has 1 N–H and O–H groups in total. The third kappa shape index (κ3) is 1.74. The zero-order valence-corrected chi connectivity index (χ0v) is 8.53. The Morgan fingerprint density at radius 1 is 1.47 bits per heavy atom.